The molecular weight excluding hydrogens is 250 g/mol. The molecule has 0 aliphatic carbocycles. The molecule has 1 N–H and O–H groups in total. The van der Waals surface area contributed by atoms with Gasteiger partial charge in [0.2, 0.25) is 0 Å². The number of amides is 1. The Hall–Kier alpha value is -1.51. The van der Waals surface area contributed by atoms with Gasteiger partial charge in [-0.2, -0.15) is 0 Å². The van der Waals surface area contributed by atoms with Crippen LogP contribution in [0.2, 0.25) is 0 Å². The fourth-order valence-corrected chi connectivity index (χ4v) is 1.91. The second-order valence-electron chi connectivity index (χ2n) is 5.63. The fourth-order valence-electron chi connectivity index (χ4n) is 1.91. The van der Waals surface area contributed by atoms with Gasteiger partial charge in [-0.15, -0.1) is 0 Å². The van der Waals surface area contributed by atoms with Crippen LogP contribution in [0.15, 0.2) is 24.3 Å². The zero-order chi connectivity index (χ0) is 15.0. The summed E-state index contributed by atoms with van der Waals surface area (Å²) in [5, 5.41) is 3.00. The number of rotatable bonds is 8. The molecule has 0 aromatic heterocycles. The topological polar surface area (TPSA) is 38.3 Å². The molecule has 0 spiro atoms. The lowest BCUT2D eigenvalue weighted by atomic mass is 10.0. The maximum Gasteiger partial charge on any atom is 0.251 e. The van der Waals surface area contributed by atoms with Crippen molar-refractivity contribution in [3.8, 4) is 5.75 Å². The maximum absolute atomic E-state index is 12.1. The Bertz CT molecular complexity index is 411. The lowest BCUT2D eigenvalue weighted by molar-refractivity contribution is 0.0946. The van der Waals surface area contributed by atoms with Gasteiger partial charge in [0.1, 0.15) is 5.75 Å². The number of hydrogen-bond acceptors (Lipinski definition) is 2. The van der Waals surface area contributed by atoms with E-state index in [9.17, 15) is 4.79 Å². The SMILES string of the molecule is CCC(CC)CNC(=O)c1cccc(OCC(C)C)c1. The second kappa shape index (κ2) is 8.62. The lowest BCUT2D eigenvalue weighted by Crippen LogP contribution is -2.28. The smallest absolute Gasteiger partial charge is 0.251 e. The molecule has 1 amide bonds. The first-order valence-electron chi connectivity index (χ1n) is 7.57. The summed E-state index contributed by atoms with van der Waals surface area (Å²) < 4.78 is 5.65. The molecule has 0 atom stereocenters. The van der Waals surface area contributed by atoms with E-state index in [2.05, 4.69) is 33.0 Å². The van der Waals surface area contributed by atoms with Crippen LogP contribution >= 0.6 is 0 Å². The van der Waals surface area contributed by atoms with Crippen molar-refractivity contribution in [1.29, 1.82) is 0 Å². The average molecular weight is 277 g/mol. The molecule has 112 valence electrons. The number of hydrogen-bond donors (Lipinski definition) is 1. The lowest BCUT2D eigenvalue weighted by Gasteiger charge is -2.14. The van der Waals surface area contributed by atoms with Crippen LogP contribution in [0.1, 0.15) is 50.9 Å². The Balaban J connectivity index is 2.57. The van der Waals surface area contributed by atoms with Crippen LogP contribution in [-0.4, -0.2) is 19.1 Å². The Labute approximate surface area is 122 Å². The molecule has 0 aliphatic rings. The average Bonchev–Trinajstić information content (AvgIpc) is 2.46. The molecule has 0 bridgehead atoms. The van der Waals surface area contributed by atoms with Crippen molar-refractivity contribution in [2.75, 3.05) is 13.2 Å². The molecule has 0 saturated heterocycles. The van der Waals surface area contributed by atoms with E-state index in [1.807, 2.05) is 24.3 Å². The summed E-state index contributed by atoms with van der Waals surface area (Å²) >= 11 is 0. The molecule has 20 heavy (non-hydrogen) atoms. The van der Waals surface area contributed by atoms with Crippen molar-refractivity contribution in [3.63, 3.8) is 0 Å². The molecule has 1 aromatic rings. The fraction of sp³-hybridized carbons (Fsp3) is 0.588. The van der Waals surface area contributed by atoms with Crippen molar-refractivity contribution in [2.24, 2.45) is 11.8 Å². The van der Waals surface area contributed by atoms with E-state index in [4.69, 9.17) is 4.74 Å². The van der Waals surface area contributed by atoms with Crippen molar-refractivity contribution in [1.82, 2.24) is 5.32 Å². The van der Waals surface area contributed by atoms with Crippen molar-refractivity contribution >= 4 is 5.91 Å². The largest absolute Gasteiger partial charge is 0.493 e. The first-order chi connectivity index (χ1) is 9.56. The molecule has 0 saturated carbocycles. The summed E-state index contributed by atoms with van der Waals surface area (Å²) in [6.45, 7) is 9.92. The molecule has 1 aromatic carbocycles. The highest BCUT2D eigenvalue weighted by Gasteiger charge is 2.09. The minimum Gasteiger partial charge on any atom is -0.493 e. The standard InChI is InChI=1S/C17H27NO2/c1-5-14(6-2)11-18-17(19)15-8-7-9-16(10-15)20-12-13(3)4/h7-10,13-14H,5-6,11-12H2,1-4H3,(H,18,19). The van der Waals surface area contributed by atoms with Crippen LogP contribution < -0.4 is 10.1 Å². The summed E-state index contributed by atoms with van der Waals surface area (Å²) in [7, 11) is 0. The Morgan fingerprint density at radius 3 is 2.55 bits per heavy atom. The Morgan fingerprint density at radius 2 is 1.95 bits per heavy atom. The number of ether oxygens (including phenoxy) is 1. The summed E-state index contributed by atoms with van der Waals surface area (Å²) in [5.74, 6) is 1.77. The molecule has 0 unspecified atom stereocenters. The highest BCUT2D eigenvalue weighted by Crippen LogP contribution is 2.14. The summed E-state index contributed by atoms with van der Waals surface area (Å²) in [6.07, 6.45) is 2.18. The number of benzene rings is 1. The van der Waals surface area contributed by atoms with E-state index in [1.165, 1.54) is 0 Å². The molecule has 0 aliphatic heterocycles. The summed E-state index contributed by atoms with van der Waals surface area (Å²) in [6, 6.07) is 7.39. The van der Waals surface area contributed by atoms with Gasteiger partial charge < -0.3 is 10.1 Å². The van der Waals surface area contributed by atoms with Gasteiger partial charge in [0.15, 0.2) is 0 Å². The van der Waals surface area contributed by atoms with Gasteiger partial charge in [0.05, 0.1) is 6.61 Å². The van der Waals surface area contributed by atoms with Crippen LogP contribution in [0, 0.1) is 11.8 Å². The third-order valence-corrected chi connectivity index (χ3v) is 3.39. The van der Waals surface area contributed by atoms with Gasteiger partial charge in [-0.05, 0) is 30.0 Å². The van der Waals surface area contributed by atoms with Crippen LogP contribution in [0.25, 0.3) is 0 Å². The third-order valence-electron chi connectivity index (χ3n) is 3.39. The van der Waals surface area contributed by atoms with Gasteiger partial charge in [0, 0.05) is 12.1 Å². The van der Waals surface area contributed by atoms with Crippen LogP contribution in [0.3, 0.4) is 0 Å². The van der Waals surface area contributed by atoms with Gasteiger partial charge >= 0.3 is 0 Å². The van der Waals surface area contributed by atoms with Crippen molar-refractivity contribution < 1.29 is 9.53 Å². The third kappa shape index (κ3) is 5.64. The van der Waals surface area contributed by atoms with E-state index in [1.54, 1.807) is 0 Å². The molecular formula is C17H27NO2. The van der Waals surface area contributed by atoms with E-state index < -0.39 is 0 Å². The minimum absolute atomic E-state index is 0.0214. The maximum atomic E-state index is 12.1. The number of carbonyl (C=O) groups is 1. The van der Waals surface area contributed by atoms with Crippen molar-refractivity contribution in [3.05, 3.63) is 29.8 Å². The van der Waals surface area contributed by atoms with Gasteiger partial charge in [0.25, 0.3) is 5.91 Å². The summed E-state index contributed by atoms with van der Waals surface area (Å²) in [5.41, 5.74) is 0.664. The zero-order valence-corrected chi connectivity index (χ0v) is 13.1. The quantitative estimate of drug-likeness (QED) is 0.783. The van der Waals surface area contributed by atoms with E-state index in [-0.39, 0.29) is 5.91 Å². The van der Waals surface area contributed by atoms with Gasteiger partial charge in [-0.1, -0.05) is 46.6 Å². The highest BCUT2D eigenvalue weighted by molar-refractivity contribution is 5.94. The minimum atomic E-state index is -0.0214. The number of carbonyl (C=O) groups excluding carboxylic acids is 1. The molecule has 0 fully saturated rings. The van der Waals surface area contributed by atoms with E-state index >= 15 is 0 Å². The molecule has 3 nitrogen and oxygen atoms in total. The predicted molar refractivity (Wildman–Crippen MR) is 83.2 cm³/mol. The highest BCUT2D eigenvalue weighted by atomic mass is 16.5. The van der Waals surface area contributed by atoms with Gasteiger partial charge in [-0.3, -0.25) is 4.79 Å². The first kappa shape index (κ1) is 16.5. The van der Waals surface area contributed by atoms with Crippen LogP contribution in [0.5, 0.6) is 5.75 Å². The first-order valence-corrected chi connectivity index (χ1v) is 7.57. The van der Waals surface area contributed by atoms with E-state index in [0.717, 1.165) is 25.1 Å². The Kier molecular flexibility index (Phi) is 7.13. The summed E-state index contributed by atoms with van der Waals surface area (Å²) in [4.78, 5) is 12.1. The van der Waals surface area contributed by atoms with E-state index in [0.29, 0.717) is 24.0 Å². The second-order valence-corrected chi connectivity index (χ2v) is 5.63. The van der Waals surface area contributed by atoms with Crippen LogP contribution in [0.4, 0.5) is 0 Å². The number of nitrogens with one attached hydrogen (secondary N) is 1. The normalized spacial score (nSPS) is 10.9. The molecule has 0 heterocycles. The Morgan fingerprint density at radius 1 is 1.25 bits per heavy atom. The molecule has 1 rings (SSSR count). The van der Waals surface area contributed by atoms with Crippen molar-refractivity contribution in [2.45, 2.75) is 40.5 Å². The molecule has 0 radical (unpaired) electrons. The predicted octanol–water partition coefficient (Wildman–Crippen LogP) is 3.89. The zero-order valence-electron chi connectivity index (χ0n) is 13.1. The van der Waals surface area contributed by atoms with Crippen LogP contribution in [-0.2, 0) is 0 Å². The monoisotopic (exact) mass is 277 g/mol. The van der Waals surface area contributed by atoms with Gasteiger partial charge in [-0.25, -0.2) is 0 Å². The molecule has 3 heteroatoms.